The molecule has 0 aromatic heterocycles. The van der Waals surface area contributed by atoms with Gasteiger partial charge in [-0.05, 0) is 49.6 Å². The maximum atomic E-state index is 12.8. The zero-order valence-electron chi connectivity index (χ0n) is 14.4. The van der Waals surface area contributed by atoms with Crippen LogP contribution in [0.3, 0.4) is 0 Å². The van der Waals surface area contributed by atoms with Crippen LogP contribution in [0.1, 0.15) is 28.8 Å². The van der Waals surface area contributed by atoms with Crippen LogP contribution in [0.2, 0.25) is 0 Å². The molecule has 1 saturated heterocycles. The van der Waals surface area contributed by atoms with Gasteiger partial charge in [0.15, 0.2) is 0 Å². The average molecular weight is 323 g/mol. The number of para-hydroxylation sites is 1. The third-order valence-corrected chi connectivity index (χ3v) is 4.95. The van der Waals surface area contributed by atoms with Gasteiger partial charge in [-0.15, -0.1) is 0 Å². The molecule has 0 bridgehead atoms. The summed E-state index contributed by atoms with van der Waals surface area (Å²) in [6.07, 6.45) is 1.97. The van der Waals surface area contributed by atoms with Crippen molar-refractivity contribution in [1.82, 2.24) is 4.90 Å². The fraction of sp³-hybridized carbons (Fsp3) is 0.350. The summed E-state index contributed by atoms with van der Waals surface area (Å²) < 4.78 is 0. The number of likely N-dealkylation sites (tertiary alicyclic amines) is 1. The molecule has 2 aromatic carbocycles. The number of carbonyl (C=O) groups is 1. The Bertz CT molecular complexity index is 706. The predicted molar refractivity (Wildman–Crippen MR) is 99.4 cm³/mol. The van der Waals surface area contributed by atoms with E-state index in [4.69, 9.17) is 5.73 Å². The zero-order valence-corrected chi connectivity index (χ0v) is 14.4. The molecule has 0 saturated carbocycles. The Morgan fingerprint density at radius 1 is 1.12 bits per heavy atom. The molecular weight excluding hydrogens is 298 g/mol. The second-order valence-corrected chi connectivity index (χ2v) is 6.54. The first-order chi connectivity index (χ1) is 11.6. The number of carbonyl (C=O) groups excluding carboxylic acids is 1. The van der Waals surface area contributed by atoms with E-state index in [9.17, 15) is 4.79 Å². The average Bonchev–Trinajstić information content (AvgIpc) is 2.63. The van der Waals surface area contributed by atoms with E-state index < -0.39 is 0 Å². The minimum Gasteiger partial charge on any atom is -0.399 e. The fourth-order valence-electron chi connectivity index (χ4n) is 3.37. The molecule has 2 aromatic rings. The number of nitrogen functional groups attached to an aromatic ring is 1. The van der Waals surface area contributed by atoms with Gasteiger partial charge in [0.05, 0.1) is 0 Å². The van der Waals surface area contributed by atoms with Gasteiger partial charge in [-0.2, -0.15) is 0 Å². The minimum absolute atomic E-state index is 0.0978. The van der Waals surface area contributed by atoms with Gasteiger partial charge in [-0.1, -0.05) is 24.3 Å². The van der Waals surface area contributed by atoms with Crippen molar-refractivity contribution < 1.29 is 4.79 Å². The van der Waals surface area contributed by atoms with Crippen molar-refractivity contribution >= 4 is 17.3 Å². The topological polar surface area (TPSA) is 49.6 Å². The molecule has 1 heterocycles. The third kappa shape index (κ3) is 3.37. The van der Waals surface area contributed by atoms with Gasteiger partial charge >= 0.3 is 0 Å². The minimum atomic E-state index is 0.0978. The first-order valence-corrected chi connectivity index (χ1v) is 8.49. The van der Waals surface area contributed by atoms with E-state index >= 15 is 0 Å². The smallest absolute Gasteiger partial charge is 0.254 e. The second-order valence-electron chi connectivity index (χ2n) is 6.54. The Hall–Kier alpha value is -2.49. The SMILES string of the molecule is Cc1ccc(N)cc1C(=O)N1CCC(N(C)c2ccccc2)CC1. The van der Waals surface area contributed by atoms with Crippen LogP contribution in [-0.4, -0.2) is 37.0 Å². The van der Waals surface area contributed by atoms with Gasteiger partial charge < -0.3 is 15.5 Å². The van der Waals surface area contributed by atoms with Crippen LogP contribution < -0.4 is 10.6 Å². The van der Waals surface area contributed by atoms with Crippen LogP contribution in [0, 0.1) is 6.92 Å². The van der Waals surface area contributed by atoms with E-state index in [1.54, 1.807) is 6.07 Å². The lowest BCUT2D eigenvalue weighted by Crippen LogP contribution is -2.45. The first-order valence-electron chi connectivity index (χ1n) is 8.49. The highest BCUT2D eigenvalue weighted by Gasteiger charge is 2.26. The Morgan fingerprint density at radius 2 is 1.79 bits per heavy atom. The normalized spacial score (nSPS) is 15.3. The summed E-state index contributed by atoms with van der Waals surface area (Å²) >= 11 is 0. The molecule has 4 heteroatoms. The van der Waals surface area contributed by atoms with E-state index in [-0.39, 0.29) is 5.91 Å². The zero-order chi connectivity index (χ0) is 17.1. The third-order valence-electron chi connectivity index (χ3n) is 4.95. The summed E-state index contributed by atoms with van der Waals surface area (Å²) in [5.74, 6) is 0.0978. The number of anilines is 2. The summed E-state index contributed by atoms with van der Waals surface area (Å²) in [7, 11) is 2.14. The van der Waals surface area contributed by atoms with Crippen molar-refractivity contribution in [2.45, 2.75) is 25.8 Å². The maximum absolute atomic E-state index is 12.8. The summed E-state index contributed by atoms with van der Waals surface area (Å²) in [5, 5.41) is 0. The molecule has 0 unspecified atom stereocenters. The molecule has 1 aliphatic heterocycles. The van der Waals surface area contributed by atoms with Gasteiger partial charge in [0, 0.05) is 43.1 Å². The van der Waals surface area contributed by atoms with Crippen LogP contribution in [0.15, 0.2) is 48.5 Å². The number of hydrogen-bond acceptors (Lipinski definition) is 3. The van der Waals surface area contributed by atoms with Crippen molar-refractivity contribution in [3.63, 3.8) is 0 Å². The van der Waals surface area contributed by atoms with Crippen molar-refractivity contribution in [2.24, 2.45) is 0 Å². The van der Waals surface area contributed by atoms with E-state index in [0.717, 1.165) is 37.1 Å². The van der Waals surface area contributed by atoms with Crippen LogP contribution in [-0.2, 0) is 0 Å². The highest BCUT2D eigenvalue weighted by molar-refractivity contribution is 5.96. The van der Waals surface area contributed by atoms with Crippen LogP contribution >= 0.6 is 0 Å². The lowest BCUT2D eigenvalue weighted by Gasteiger charge is -2.38. The van der Waals surface area contributed by atoms with Crippen LogP contribution in [0.5, 0.6) is 0 Å². The molecular formula is C20H25N3O. The second kappa shape index (κ2) is 6.95. The van der Waals surface area contributed by atoms with Gasteiger partial charge in [-0.25, -0.2) is 0 Å². The summed E-state index contributed by atoms with van der Waals surface area (Å²) in [6.45, 7) is 3.53. The lowest BCUT2D eigenvalue weighted by molar-refractivity contribution is 0.0712. The molecule has 2 N–H and O–H groups in total. The van der Waals surface area contributed by atoms with Crippen LogP contribution in [0.25, 0.3) is 0 Å². The Balaban J connectivity index is 1.64. The van der Waals surface area contributed by atoms with E-state index in [1.165, 1.54) is 5.69 Å². The van der Waals surface area contributed by atoms with Crippen molar-refractivity contribution in [3.05, 3.63) is 59.7 Å². The Labute approximate surface area is 143 Å². The van der Waals surface area contributed by atoms with Crippen molar-refractivity contribution in [2.75, 3.05) is 30.8 Å². The molecule has 1 aliphatic rings. The highest BCUT2D eigenvalue weighted by atomic mass is 16.2. The van der Waals surface area contributed by atoms with E-state index in [2.05, 4.69) is 36.2 Å². The number of amides is 1. The molecule has 4 nitrogen and oxygen atoms in total. The molecule has 0 aliphatic carbocycles. The summed E-state index contributed by atoms with van der Waals surface area (Å²) in [5.41, 5.74) is 9.43. The van der Waals surface area contributed by atoms with Crippen molar-refractivity contribution in [3.8, 4) is 0 Å². The number of aryl methyl sites for hydroxylation is 1. The number of nitrogens with zero attached hydrogens (tertiary/aromatic N) is 2. The number of hydrogen-bond donors (Lipinski definition) is 1. The summed E-state index contributed by atoms with van der Waals surface area (Å²) in [6, 6.07) is 16.4. The number of rotatable bonds is 3. The van der Waals surface area contributed by atoms with E-state index in [0.29, 0.717) is 11.7 Å². The molecule has 24 heavy (non-hydrogen) atoms. The number of nitrogens with two attached hydrogens (primary N) is 1. The van der Waals surface area contributed by atoms with E-state index in [1.807, 2.05) is 30.0 Å². The predicted octanol–water partition coefficient (Wildman–Crippen LogP) is 3.32. The van der Waals surface area contributed by atoms with Gasteiger partial charge in [-0.3, -0.25) is 4.79 Å². The maximum Gasteiger partial charge on any atom is 0.254 e. The fourth-order valence-corrected chi connectivity index (χ4v) is 3.37. The quantitative estimate of drug-likeness (QED) is 0.882. The monoisotopic (exact) mass is 323 g/mol. The van der Waals surface area contributed by atoms with Crippen LogP contribution in [0.4, 0.5) is 11.4 Å². The lowest BCUT2D eigenvalue weighted by atomic mass is 10.0. The molecule has 0 atom stereocenters. The Kier molecular flexibility index (Phi) is 4.74. The molecule has 1 fully saturated rings. The number of piperidine rings is 1. The summed E-state index contributed by atoms with van der Waals surface area (Å²) in [4.78, 5) is 17.1. The largest absolute Gasteiger partial charge is 0.399 e. The standard InChI is InChI=1S/C20H25N3O/c1-15-8-9-16(21)14-19(15)20(24)23-12-10-18(11-13-23)22(2)17-6-4-3-5-7-17/h3-9,14,18H,10-13,21H2,1-2H3. The molecule has 1 amide bonds. The molecule has 3 rings (SSSR count). The molecule has 126 valence electrons. The van der Waals surface area contributed by atoms with Crippen molar-refractivity contribution in [1.29, 1.82) is 0 Å². The van der Waals surface area contributed by atoms with Gasteiger partial charge in [0.1, 0.15) is 0 Å². The molecule has 0 radical (unpaired) electrons. The Morgan fingerprint density at radius 3 is 2.46 bits per heavy atom. The first kappa shape index (κ1) is 16.4. The van der Waals surface area contributed by atoms with Gasteiger partial charge in [0.25, 0.3) is 5.91 Å². The molecule has 0 spiro atoms. The highest BCUT2D eigenvalue weighted by Crippen LogP contribution is 2.23. The van der Waals surface area contributed by atoms with Gasteiger partial charge in [0.2, 0.25) is 0 Å². The number of benzene rings is 2.